The van der Waals surface area contributed by atoms with Gasteiger partial charge in [0.05, 0.1) is 0 Å². The molecule has 1 fully saturated rings. The molecule has 0 unspecified atom stereocenters. The first-order valence-corrected chi connectivity index (χ1v) is 4.32. The predicted octanol–water partition coefficient (Wildman–Crippen LogP) is 2.22. The molecular formula is C10H14ClNO. The zero-order chi connectivity index (χ0) is 8.55. The summed E-state index contributed by atoms with van der Waals surface area (Å²) in [5.41, 5.74) is 7.10. The number of halogens is 1. The lowest BCUT2D eigenvalue weighted by Gasteiger charge is -2.09. The van der Waals surface area contributed by atoms with Crippen LogP contribution in [0.1, 0.15) is 24.4 Å². The van der Waals surface area contributed by atoms with Crippen LogP contribution < -0.4 is 5.73 Å². The van der Waals surface area contributed by atoms with Crippen LogP contribution in [0.4, 0.5) is 0 Å². The van der Waals surface area contributed by atoms with E-state index in [-0.39, 0.29) is 18.4 Å². The van der Waals surface area contributed by atoms with E-state index in [1.54, 1.807) is 12.1 Å². The minimum atomic E-state index is 0. The molecule has 1 atom stereocenters. The summed E-state index contributed by atoms with van der Waals surface area (Å²) in [7, 11) is 0. The highest BCUT2D eigenvalue weighted by atomic mass is 35.5. The first-order chi connectivity index (χ1) is 5.77. The van der Waals surface area contributed by atoms with Gasteiger partial charge in [-0.2, -0.15) is 0 Å². The van der Waals surface area contributed by atoms with Gasteiger partial charge in [-0.05, 0) is 36.5 Å². The lowest BCUT2D eigenvalue weighted by molar-refractivity contribution is 0.474. The number of rotatable bonds is 2. The van der Waals surface area contributed by atoms with Crippen molar-refractivity contribution >= 4 is 12.4 Å². The monoisotopic (exact) mass is 199 g/mol. The molecule has 0 saturated heterocycles. The minimum absolute atomic E-state index is 0. The maximum absolute atomic E-state index is 9.05. The van der Waals surface area contributed by atoms with Gasteiger partial charge in [-0.3, -0.25) is 0 Å². The molecule has 1 aromatic rings. The Labute approximate surface area is 84.2 Å². The van der Waals surface area contributed by atoms with Gasteiger partial charge in [0.1, 0.15) is 5.75 Å². The maximum Gasteiger partial charge on any atom is 0.115 e. The zero-order valence-electron chi connectivity index (χ0n) is 7.31. The second-order valence-corrected chi connectivity index (χ2v) is 3.45. The number of phenolic OH excluding ortho intramolecular Hbond substituents is 1. The standard InChI is InChI=1S/C10H13NO.ClH/c11-10(7-1-2-7)8-3-5-9(12)6-4-8;/h3-7,10,12H,1-2,11H2;1H/t10-;/m0./s1. The molecule has 1 aliphatic rings. The molecule has 13 heavy (non-hydrogen) atoms. The smallest absolute Gasteiger partial charge is 0.115 e. The average Bonchev–Trinajstić information content (AvgIpc) is 2.87. The van der Waals surface area contributed by atoms with Gasteiger partial charge < -0.3 is 10.8 Å². The third-order valence-electron chi connectivity index (χ3n) is 2.41. The molecule has 0 radical (unpaired) electrons. The van der Waals surface area contributed by atoms with E-state index in [0.29, 0.717) is 11.7 Å². The van der Waals surface area contributed by atoms with Crippen LogP contribution in [0.5, 0.6) is 5.75 Å². The van der Waals surface area contributed by atoms with Gasteiger partial charge >= 0.3 is 0 Å². The van der Waals surface area contributed by atoms with Crippen molar-refractivity contribution in [1.29, 1.82) is 0 Å². The van der Waals surface area contributed by atoms with Crippen molar-refractivity contribution in [3.8, 4) is 5.75 Å². The summed E-state index contributed by atoms with van der Waals surface area (Å²) in [6.45, 7) is 0. The van der Waals surface area contributed by atoms with Crippen LogP contribution in [0.25, 0.3) is 0 Å². The minimum Gasteiger partial charge on any atom is -0.508 e. The first-order valence-electron chi connectivity index (χ1n) is 4.32. The third-order valence-corrected chi connectivity index (χ3v) is 2.41. The fourth-order valence-electron chi connectivity index (χ4n) is 1.42. The Kier molecular flexibility index (Phi) is 3.17. The van der Waals surface area contributed by atoms with Crippen molar-refractivity contribution in [3.05, 3.63) is 29.8 Å². The van der Waals surface area contributed by atoms with Crippen molar-refractivity contribution in [3.63, 3.8) is 0 Å². The molecule has 0 bridgehead atoms. The molecule has 72 valence electrons. The van der Waals surface area contributed by atoms with Crippen molar-refractivity contribution in [2.24, 2.45) is 11.7 Å². The number of benzene rings is 1. The van der Waals surface area contributed by atoms with Crippen LogP contribution in [-0.2, 0) is 0 Å². The van der Waals surface area contributed by atoms with Gasteiger partial charge in [-0.15, -0.1) is 12.4 Å². The second-order valence-electron chi connectivity index (χ2n) is 3.45. The Balaban J connectivity index is 0.000000845. The van der Waals surface area contributed by atoms with Crippen LogP contribution in [0.15, 0.2) is 24.3 Å². The van der Waals surface area contributed by atoms with Gasteiger partial charge in [0.15, 0.2) is 0 Å². The fraction of sp³-hybridized carbons (Fsp3) is 0.400. The van der Waals surface area contributed by atoms with Gasteiger partial charge in [0.25, 0.3) is 0 Å². The summed E-state index contributed by atoms with van der Waals surface area (Å²) in [6.07, 6.45) is 2.50. The molecule has 3 N–H and O–H groups in total. The summed E-state index contributed by atoms with van der Waals surface area (Å²) in [6, 6.07) is 7.36. The molecule has 2 rings (SSSR count). The van der Waals surface area contributed by atoms with E-state index in [1.165, 1.54) is 12.8 Å². The largest absolute Gasteiger partial charge is 0.508 e. The van der Waals surface area contributed by atoms with E-state index < -0.39 is 0 Å². The molecular weight excluding hydrogens is 186 g/mol. The topological polar surface area (TPSA) is 46.2 Å². The van der Waals surface area contributed by atoms with Crippen LogP contribution in [-0.4, -0.2) is 5.11 Å². The number of hydrogen-bond donors (Lipinski definition) is 2. The van der Waals surface area contributed by atoms with Crippen molar-refractivity contribution in [1.82, 2.24) is 0 Å². The van der Waals surface area contributed by atoms with Crippen molar-refractivity contribution < 1.29 is 5.11 Å². The SMILES string of the molecule is Cl.N[C@H](c1ccc(O)cc1)C1CC1. The Bertz CT molecular complexity index is 269. The van der Waals surface area contributed by atoms with Gasteiger partial charge in [0.2, 0.25) is 0 Å². The van der Waals surface area contributed by atoms with E-state index in [4.69, 9.17) is 10.8 Å². The molecule has 1 aromatic carbocycles. The van der Waals surface area contributed by atoms with Crippen LogP contribution in [0.2, 0.25) is 0 Å². The maximum atomic E-state index is 9.05. The molecule has 0 amide bonds. The molecule has 1 saturated carbocycles. The summed E-state index contributed by atoms with van der Waals surface area (Å²) < 4.78 is 0. The van der Waals surface area contributed by atoms with Crippen LogP contribution in [0, 0.1) is 5.92 Å². The van der Waals surface area contributed by atoms with E-state index in [0.717, 1.165) is 5.56 Å². The summed E-state index contributed by atoms with van der Waals surface area (Å²) in [5, 5.41) is 9.05. The summed E-state index contributed by atoms with van der Waals surface area (Å²) >= 11 is 0. The van der Waals surface area contributed by atoms with E-state index >= 15 is 0 Å². The highest BCUT2D eigenvalue weighted by Gasteiger charge is 2.29. The Morgan fingerprint density at radius 3 is 2.23 bits per heavy atom. The molecule has 0 spiro atoms. The number of phenols is 1. The summed E-state index contributed by atoms with van der Waals surface area (Å²) in [5.74, 6) is 0.983. The molecule has 0 heterocycles. The van der Waals surface area contributed by atoms with Crippen LogP contribution in [0.3, 0.4) is 0 Å². The van der Waals surface area contributed by atoms with E-state index in [9.17, 15) is 0 Å². The quantitative estimate of drug-likeness (QED) is 0.768. The average molecular weight is 200 g/mol. The second kappa shape index (κ2) is 3.99. The highest BCUT2D eigenvalue weighted by molar-refractivity contribution is 5.85. The lowest BCUT2D eigenvalue weighted by atomic mass is 10.0. The molecule has 3 heteroatoms. The number of hydrogen-bond acceptors (Lipinski definition) is 2. The predicted molar refractivity (Wildman–Crippen MR) is 55.0 cm³/mol. The molecule has 1 aliphatic carbocycles. The van der Waals surface area contributed by atoms with Crippen molar-refractivity contribution in [2.75, 3.05) is 0 Å². The normalized spacial score (nSPS) is 17.6. The Morgan fingerprint density at radius 1 is 1.23 bits per heavy atom. The molecule has 2 nitrogen and oxygen atoms in total. The van der Waals surface area contributed by atoms with Crippen LogP contribution >= 0.6 is 12.4 Å². The van der Waals surface area contributed by atoms with Crippen molar-refractivity contribution in [2.45, 2.75) is 18.9 Å². The lowest BCUT2D eigenvalue weighted by Crippen LogP contribution is -2.11. The fourth-order valence-corrected chi connectivity index (χ4v) is 1.42. The van der Waals surface area contributed by atoms with Gasteiger partial charge in [-0.25, -0.2) is 0 Å². The molecule has 0 aliphatic heterocycles. The molecule has 0 aromatic heterocycles. The van der Waals surface area contributed by atoms with Gasteiger partial charge in [0, 0.05) is 6.04 Å². The number of aromatic hydroxyl groups is 1. The summed E-state index contributed by atoms with van der Waals surface area (Å²) in [4.78, 5) is 0. The Morgan fingerprint density at radius 2 is 1.77 bits per heavy atom. The Hall–Kier alpha value is -0.730. The third kappa shape index (κ3) is 2.36. The van der Waals surface area contributed by atoms with E-state index in [2.05, 4.69) is 0 Å². The van der Waals surface area contributed by atoms with Gasteiger partial charge in [-0.1, -0.05) is 12.1 Å². The number of nitrogens with two attached hydrogens (primary N) is 1. The van der Waals surface area contributed by atoms with E-state index in [1.807, 2.05) is 12.1 Å². The zero-order valence-corrected chi connectivity index (χ0v) is 8.13. The highest BCUT2D eigenvalue weighted by Crippen LogP contribution is 2.39. The first kappa shape index (κ1) is 10.4.